The number of rotatable bonds is 7. The summed E-state index contributed by atoms with van der Waals surface area (Å²) >= 11 is 6.24. The standard InChI is InChI=1S/C21H26ClN5O4/c1-29-18-11-14(20(28)27-6-9-30-10-7-27)4-5-17(18)25-21-24-13-16(22)19(26-21)23-12-15-3-2-8-31-15/h4-5,11,13,15H,2-3,6-10,12H2,1H3,(H2,23,24,25,26). The molecule has 0 saturated carbocycles. The first kappa shape index (κ1) is 21.6. The summed E-state index contributed by atoms with van der Waals surface area (Å²) in [5, 5.41) is 6.81. The summed E-state index contributed by atoms with van der Waals surface area (Å²) in [5.41, 5.74) is 1.20. The highest BCUT2D eigenvalue weighted by molar-refractivity contribution is 6.32. The first-order valence-corrected chi connectivity index (χ1v) is 10.7. The summed E-state index contributed by atoms with van der Waals surface area (Å²) in [5.74, 6) is 1.38. The highest BCUT2D eigenvalue weighted by Gasteiger charge is 2.20. The quantitative estimate of drug-likeness (QED) is 0.668. The van der Waals surface area contributed by atoms with Crippen LogP contribution in [-0.2, 0) is 9.47 Å². The van der Waals surface area contributed by atoms with Gasteiger partial charge in [0.05, 0.1) is 38.3 Å². The van der Waals surface area contributed by atoms with Crippen LogP contribution in [0.5, 0.6) is 5.75 Å². The van der Waals surface area contributed by atoms with Crippen LogP contribution >= 0.6 is 11.6 Å². The molecule has 4 rings (SSSR count). The number of nitrogens with zero attached hydrogens (tertiary/aromatic N) is 3. The van der Waals surface area contributed by atoms with E-state index in [1.807, 2.05) is 0 Å². The van der Waals surface area contributed by atoms with Crippen LogP contribution in [0.2, 0.25) is 5.02 Å². The molecule has 2 saturated heterocycles. The van der Waals surface area contributed by atoms with Gasteiger partial charge in [-0.2, -0.15) is 4.98 Å². The third-order valence-corrected chi connectivity index (χ3v) is 5.54. The molecule has 3 heterocycles. The first-order chi connectivity index (χ1) is 15.1. The molecule has 2 aliphatic heterocycles. The van der Waals surface area contributed by atoms with Gasteiger partial charge in [0.15, 0.2) is 5.82 Å². The average molecular weight is 448 g/mol. The zero-order valence-electron chi connectivity index (χ0n) is 17.4. The van der Waals surface area contributed by atoms with Gasteiger partial charge in [-0.25, -0.2) is 4.98 Å². The van der Waals surface area contributed by atoms with Gasteiger partial charge in [-0.15, -0.1) is 0 Å². The predicted molar refractivity (Wildman–Crippen MR) is 118 cm³/mol. The molecule has 31 heavy (non-hydrogen) atoms. The van der Waals surface area contributed by atoms with E-state index in [0.717, 1.165) is 19.4 Å². The summed E-state index contributed by atoms with van der Waals surface area (Å²) in [6.45, 7) is 3.71. The zero-order chi connectivity index (χ0) is 21.6. The molecule has 9 nitrogen and oxygen atoms in total. The third-order valence-electron chi connectivity index (χ3n) is 5.26. The Labute approximate surface area is 186 Å². The predicted octanol–water partition coefficient (Wildman–Crippen LogP) is 2.95. The maximum atomic E-state index is 12.7. The fraction of sp³-hybridized carbons (Fsp3) is 0.476. The van der Waals surface area contributed by atoms with Crippen LogP contribution < -0.4 is 15.4 Å². The van der Waals surface area contributed by atoms with Crippen molar-refractivity contribution in [2.75, 3.05) is 57.2 Å². The highest BCUT2D eigenvalue weighted by Crippen LogP contribution is 2.29. The van der Waals surface area contributed by atoms with Crippen molar-refractivity contribution in [3.8, 4) is 5.75 Å². The fourth-order valence-electron chi connectivity index (χ4n) is 3.56. The van der Waals surface area contributed by atoms with Gasteiger partial charge in [-0.3, -0.25) is 4.79 Å². The Hall–Kier alpha value is -2.62. The third kappa shape index (κ3) is 5.36. The van der Waals surface area contributed by atoms with Crippen molar-refractivity contribution < 1.29 is 19.0 Å². The van der Waals surface area contributed by atoms with E-state index in [9.17, 15) is 4.79 Å². The second-order valence-corrected chi connectivity index (χ2v) is 7.76. The van der Waals surface area contributed by atoms with E-state index in [1.54, 1.807) is 30.2 Å². The van der Waals surface area contributed by atoms with Gasteiger partial charge in [0.25, 0.3) is 5.91 Å². The lowest BCUT2D eigenvalue weighted by molar-refractivity contribution is 0.0302. The van der Waals surface area contributed by atoms with E-state index in [4.69, 9.17) is 25.8 Å². The molecule has 0 spiro atoms. The number of nitrogens with one attached hydrogen (secondary N) is 2. The molecule has 10 heteroatoms. The first-order valence-electron chi connectivity index (χ1n) is 10.3. The van der Waals surface area contributed by atoms with Crippen LogP contribution in [0, 0.1) is 0 Å². The molecule has 0 aliphatic carbocycles. The number of methoxy groups -OCH3 is 1. The van der Waals surface area contributed by atoms with Crippen molar-refractivity contribution in [3.63, 3.8) is 0 Å². The lowest BCUT2D eigenvalue weighted by Crippen LogP contribution is -2.40. The lowest BCUT2D eigenvalue weighted by atomic mass is 10.1. The van der Waals surface area contributed by atoms with Gasteiger partial charge in [-0.05, 0) is 31.0 Å². The van der Waals surface area contributed by atoms with E-state index in [-0.39, 0.29) is 12.0 Å². The monoisotopic (exact) mass is 447 g/mol. The van der Waals surface area contributed by atoms with Crippen LogP contribution in [0.1, 0.15) is 23.2 Å². The summed E-state index contributed by atoms with van der Waals surface area (Å²) in [6.07, 6.45) is 3.80. The second-order valence-electron chi connectivity index (χ2n) is 7.35. The van der Waals surface area contributed by atoms with Crippen LogP contribution in [0.15, 0.2) is 24.4 Å². The largest absolute Gasteiger partial charge is 0.495 e. The molecular weight excluding hydrogens is 422 g/mol. The normalized spacial score (nSPS) is 18.6. The van der Waals surface area contributed by atoms with Crippen molar-refractivity contribution in [1.29, 1.82) is 0 Å². The van der Waals surface area contributed by atoms with Crippen molar-refractivity contribution >= 4 is 35.0 Å². The minimum absolute atomic E-state index is 0.0449. The number of aromatic nitrogens is 2. The van der Waals surface area contributed by atoms with Crippen molar-refractivity contribution in [2.24, 2.45) is 0 Å². The topological polar surface area (TPSA) is 97.8 Å². The molecule has 2 fully saturated rings. The van der Waals surface area contributed by atoms with E-state index in [0.29, 0.717) is 66.6 Å². The van der Waals surface area contributed by atoms with Gasteiger partial charge in [-0.1, -0.05) is 11.6 Å². The summed E-state index contributed by atoms with van der Waals surface area (Å²) in [7, 11) is 1.56. The van der Waals surface area contributed by atoms with Gasteiger partial charge in [0, 0.05) is 31.8 Å². The minimum Gasteiger partial charge on any atom is -0.495 e. The van der Waals surface area contributed by atoms with Crippen LogP contribution in [-0.4, -0.2) is 73.4 Å². The molecule has 0 radical (unpaired) electrons. The van der Waals surface area contributed by atoms with E-state index < -0.39 is 0 Å². The number of ether oxygens (including phenoxy) is 3. The van der Waals surface area contributed by atoms with E-state index in [2.05, 4.69) is 20.6 Å². The van der Waals surface area contributed by atoms with E-state index >= 15 is 0 Å². The molecule has 166 valence electrons. The number of carbonyl (C=O) groups is 1. The maximum Gasteiger partial charge on any atom is 0.254 e. The molecular formula is C21H26ClN5O4. The van der Waals surface area contributed by atoms with Gasteiger partial charge < -0.3 is 29.7 Å². The van der Waals surface area contributed by atoms with Crippen LogP contribution in [0.3, 0.4) is 0 Å². The SMILES string of the molecule is COc1cc(C(=O)N2CCOCC2)ccc1Nc1ncc(Cl)c(NCC2CCCO2)n1. The Morgan fingerprint density at radius 3 is 2.90 bits per heavy atom. The van der Waals surface area contributed by atoms with Crippen molar-refractivity contribution in [3.05, 3.63) is 35.0 Å². The number of amides is 1. The summed E-state index contributed by atoms with van der Waals surface area (Å²) in [6, 6.07) is 5.26. The molecule has 1 aromatic heterocycles. The number of carbonyl (C=O) groups excluding carboxylic acids is 1. The smallest absolute Gasteiger partial charge is 0.254 e. The molecule has 1 atom stereocenters. The minimum atomic E-state index is -0.0449. The number of hydrogen-bond acceptors (Lipinski definition) is 8. The number of benzene rings is 1. The molecule has 2 N–H and O–H groups in total. The highest BCUT2D eigenvalue weighted by atomic mass is 35.5. The number of halogens is 1. The lowest BCUT2D eigenvalue weighted by Gasteiger charge is -2.27. The molecule has 1 amide bonds. The van der Waals surface area contributed by atoms with Crippen molar-refractivity contribution in [1.82, 2.24) is 14.9 Å². The average Bonchev–Trinajstić information content (AvgIpc) is 3.33. The van der Waals surface area contributed by atoms with Crippen LogP contribution in [0.4, 0.5) is 17.5 Å². The second kappa shape index (κ2) is 10.1. The Morgan fingerprint density at radius 1 is 1.32 bits per heavy atom. The fourth-order valence-corrected chi connectivity index (χ4v) is 3.72. The van der Waals surface area contributed by atoms with Crippen molar-refractivity contribution in [2.45, 2.75) is 18.9 Å². The Balaban J connectivity index is 1.46. The zero-order valence-corrected chi connectivity index (χ0v) is 18.2. The number of hydrogen-bond donors (Lipinski definition) is 2. The van der Waals surface area contributed by atoms with Gasteiger partial charge in [0.2, 0.25) is 5.95 Å². The molecule has 2 aliphatic rings. The van der Waals surface area contributed by atoms with Crippen LogP contribution in [0.25, 0.3) is 0 Å². The van der Waals surface area contributed by atoms with Gasteiger partial charge >= 0.3 is 0 Å². The Morgan fingerprint density at radius 2 is 2.16 bits per heavy atom. The Bertz CT molecular complexity index is 917. The summed E-state index contributed by atoms with van der Waals surface area (Å²) in [4.78, 5) is 23.2. The number of anilines is 3. The molecule has 1 unspecified atom stereocenters. The molecule has 0 bridgehead atoms. The number of morpholine rings is 1. The maximum absolute atomic E-state index is 12.7. The van der Waals surface area contributed by atoms with Gasteiger partial charge in [0.1, 0.15) is 10.8 Å². The van der Waals surface area contributed by atoms with E-state index in [1.165, 1.54) is 6.20 Å². The molecule has 2 aromatic rings. The summed E-state index contributed by atoms with van der Waals surface area (Å²) < 4.78 is 16.4. The Kier molecular flexibility index (Phi) is 7.06. The molecule has 1 aromatic carbocycles.